The second-order valence-electron chi connectivity index (χ2n) is 5.41. The van der Waals surface area contributed by atoms with Crippen LogP contribution in [0.15, 0.2) is 24.5 Å². The quantitative estimate of drug-likeness (QED) is 0.613. The lowest BCUT2D eigenvalue weighted by Gasteiger charge is -2.21. The molecule has 2 aromatic rings. The lowest BCUT2D eigenvalue weighted by molar-refractivity contribution is -0.0499. The Kier molecular flexibility index (Phi) is 4.87. The molecule has 0 amide bonds. The van der Waals surface area contributed by atoms with E-state index in [1.165, 1.54) is 33.0 Å². The molecular formula is C13H18N5O6P. The zero-order chi connectivity index (χ0) is 18.2. The molecule has 1 aliphatic heterocycles. The van der Waals surface area contributed by atoms with Crippen molar-refractivity contribution in [2.75, 3.05) is 20.0 Å². The van der Waals surface area contributed by atoms with Gasteiger partial charge in [0.25, 0.3) is 0 Å². The molecule has 11 nitrogen and oxygen atoms in total. The normalized spacial score (nSPS) is 27.5. The van der Waals surface area contributed by atoms with Crippen molar-refractivity contribution in [1.29, 1.82) is 0 Å². The Labute approximate surface area is 142 Å². The molecule has 0 radical (unpaired) electrons. The summed E-state index contributed by atoms with van der Waals surface area (Å²) in [7, 11) is -1.37. The van der Waals surface area contributed by atoms with Crippen LogP contribution in [-0.2, 0) is 18.8 Å². The SMILES string of the molecule is CO[C@@H]1[C@H](OC)[C@@H](/C=C/P(=O)(O)O)O[C@H]1n1cnc2c(N)ncnc21. The highest BCUT2D eigenvalue weighted by Crippen LogP contribution is 2.40. The maximum Gasteiger partial charge on any atom is 0.348 e. The van der Waals surface area contributed by atoms with Gasteiger partial charge >= 0.3 is 7.60 Å². The van der Waals surface area contributed by atoms with Gasteiger partial charge in [0.05, 0.1) is 6.33 Å². The first kappa shape index (κ1) is 17.9. The topological polar surface area (TPSA) is 155 Å². The van der Waals surface area contributed by atoms with Crippen LogP contribution in [-0.4, -0.2) is 61.8 Å². The van der Waals surface area contributed by atoms with Crippen molar-refractivity contribution in [3.05, 3.63) is 24.5 Å². The Balaban J connectivity index is 1.99. The zero-order valence-electron chi connectivity index (χ0n) is 13.5. The minimum absolute atomic E-state index is 0.233. The molecule has 1 aliphatic rings. The van der Waals surface area contributed by atoms with Gasteiger partial charge in [-0.15, -0.1) is 0 Å². The van der Waals surface area contributed by atoms with Gasteiger partial charge in [0.2, 0.25) is 0 Å². The van der Waals surface area contributed by atoms with E-state index >= 15 is 0 Å². The zero-order valence-corrected chi connectivity index (χ0v) is 14.4. The van der Waals surface area contributed by atoms with Gasteiger partial charge in [0, 0.05) is 20.0 Å². The number of hydrogen-bond donors (Lipinski definition) is 3. The first-order valence-electron chi connectivity index (χ1n) is 7.24. The van der Waals surface area contributed by atoms with Gasteiger partial charge in [-0.3, -0.25) is 9.13 Å². The fourth-order valence-corrected chi connectivity index (χ4v) is 3.21. The second-order valence-corrected chi connectivity index (χ2v) is 6.88. The number of rotatable bonds is 5. The Morgan fingerprint density at radius 2 is 2.00 bits per heavy atom. The number of fused-ring (bicyclic) bond motifs is 1. The van der Waals surface area contributed by atoms with Crippen molar-refractivity contribution < 1.29 is 28.6 Å². The molecule has 136 valence electrons. The fourth-order valence-electron chi connectivity index (χ4n) is 2.82. The van der Waals surface area contributed by atoms with Crippen LogP contribution in [0.1, 0.15) is 6.23 Å². The Morgan fingerprint density at radius 3 is 2.64 bits per heavy atom. The van der Waals surface area contributed by atoms with Crippen molar-refractivity contribution in [1.82, 2.24) is 19.5 Å². The Hall–Kier alpha value is -1.88. The number of ether oxygens (including phenoxy) is 3. The summed E-state index contributed by atoms with van der Waals surface area (Å²) in [4.78, 5) is 30.3. The molecule has 25 heavy (non-hydrogen) atoms. The summed E-state index contributed by atoms with van der Waals surface area (Å²) < 4.78 is 29.5. The molecule has 1 saturated heterocycles. The largest absolute Gasteiger partial charge is 0.382 e. The summed E-state index contributed by atoms with van der Waals surface area (Å²) in [6, 6.07) is 0. The van der Waals surface area contributed by atoms with Crippen molar-refractivity contribution in [3.8, 4) is 0 Å². The van der Waals surface area contributed by atoms with Crippen molar-refractivity contribution in [3.63, 3.8) is 0 Å². The number of nitrogens with two attached hydrogens (primary N) is 1. The molecule has 2 aromatic heterocycles. The summed E-state index contributed by atoms with van der Waals surface area (Å²) in [5.41, 5.74) is 6.66. The molecule has 0 bridgehead atoms. The van der Waals surface area contributed by atoms with Gasteiger partial charge in [-0.2, -0.15) is 0 Å². The number of nitrogen functional groups attached to an aromatic ring is 1. The van der Waals surface area contributed by atoms with Gasteiger partial charge in [0.15, 0.2) is 17.7 Å². The highest BCUT2D eigenvalue weighted by Gasteiger charge is 2.46. The maximum atomic E-state index is 11.1. The first-order chi connectivity index (χ1) is 11.9. The molecule has 0 saturated carbocycles. The number of imidazole rings is 1. The van der Waals surface area contributed by atoms with E-state index in [-0.39, 0.29) is 5.82 Å². The monoisotopic (exact) mass is 371 g/mol. The highest BCUT2D eigenvalue weighted by atomic mass is 31.2. The number of anilines is 1. The van der Waals surface area contributed by atoms with Crippen LogP contribution in [0, 0.1) is 0 Å². The smallest absolute Gasteiger partial charge is 0.348 e. The summed E-state index contributed by atoms with van der Waals surface area (Å²) in [5.74, 6) is 1.02. The van der Waals surface area contributed by atoms with Gasteiger partial charge in [-0.25, -0.2) is 15.0 Å². The third-order valence-electron chi connectivity index (χ3n) is 3.90. The van der Waals surface area contributed by atoms with E-state index in [4.69, 9.17) is 29.7 Å². The third kappa shape index (κ3) is 3.43. The van der Waals surface area contributed by atoms with E-state index in [0.29, 0.717) is 11.2 Å². The van der Waals surface area contributed by atoms with Gasteiger partial charge in [-0.05, 0) is 6.08 Å². The molecule has 0 aliphatic carbocycles. The summed E-state index contributed by atoms with van der Waals surface area (Å²) in [5, 5.41) is 0. The second kappa shape index (κ2) is 6.79. The Morgan fingerprint density at radius 1 is 1.28 bits per heavy atom. The molecule has 1 fully saturated rings. The van der Waals surface area contributed by atoms with Crippen molar-refractivity contribution in [2.45, 2.75) is 24.5 Å². The molecule has 3 heterocycles. The van der Waals surface area contributed by atoms with Crippen LogP contribution < -0.4 is 5.73 Å². The number of aromatic nitrogens is 4. The van der Waals surface area contributed by atoms with E-state index < -0.39 is 32.1 Å². The fraction of sp³-hybridized carbons (Fsp3) is 0.462. The van der Waals surface area contributed by atoms with E-state index in [2.05, 4.69) is 15.0 Å². The summed E-state index contributed by atoms with van der Waals surface area (Å²) in [6.07, 6.45) is 1.51. The molecule has 0 spiro atoms. The van der Waals surface area contributed by atoms with Gasteiger partial charge in [-0.1, -0.05) is 0 Å². The molecule has 12 heteroatoms. The lowest BCUT2D eigenvalue weighted by atomic mass is 10.1. The maximum absolute atomic E-state index is 11.1. The van der Waals surface area contributed by atoms with Crippen LogP contribution >= 0.6 is 7.60 Å². The minimum atomic E-state index is -4.32. The van der Waals surface area contributed by atoms with Gasteiger partial charge in [0.1, 0.15) is 30.2 Å². The van der Waals surface area contributed by atoms with E-state index in [1.54, 1.807) is 4.57 Å². The molecule has 0 unspecified atom stereocenters. The third-order valence-corrected chi connectivity index (χ3v) is 4.46. The van der Waals surface area contributed by atoms with E-state index in [1.807, 2.05) is 0 Å². The number of hydrogen-bond acceptors (Lipinski definition) is 8. The minimum Gasteiger partial charge on any atom is -0.382 e. The first-order valence-corrected chi connectivity index (χ1v) is 8.92. The van der Waals surface area contributed by atoms with Crippen LogP contribution in [0.4, 0.5) is 5.82 Å². The Bertz CT molecular complexity index is 835. The average molecular weight is 371 g/mol. The molecule has 0 aromatic carbocycles. The predicted octanol–water partition coefficient (Wildman–Crippen LogP) is 0.0273. The van der Waals surface area contributed by atoms with Crippen LogP contribution in [0.2, 0.25) is 0 Å². The lowest BCUT2D eigenvalue weighted by Crippen LogP contribution is -2.34. The van der Waals surface area contributed by atoms with Crippen LogP contribution in [0.25, 0.3) is 11.2 Å². The molecular weight excluding hydrogens is 353 g/mol. The van der Waals surface area contributed by atoms with E-state index in [0.717, 1.165) is 5.82 Å². The van der Waals surface area contributed by atoms with E-state index in [9.17, 15) is 4.57 Å². The van der Waals surface area contributed by atoms with Crippen LogP contribution in [0.5, 0.6) is 0 Å². The van der Waals surface area contributed by atoms with Crippen LogP contribution in [0.3, 0.4) is 0 Å². The van der Waals surface area contributed by atoms with Crippen molar-refractivity contribution >= 4 is 24.6 Å². The molecule has 4 N–H and O–H groups in total. The molecule has 4 atom stereocenters. The average Bonchev–Trinajstić information content (AvgIpc) is 3.13. The number of nitrogens with zero attached hydrogens (tertiary/aromatic N) is 4. The summed E-state index contributed by atoms with van der Waals surface area (Å²) in [6.45, 7) is 0. The predicted molar refractivity (Wildman–Crippen MR) is 86.4 cm³/mol. The standard InChI is InChI=1S/C13H18N5O6P/c1-22-9-7(3-4-25(19,20)21)24-13(10(9)23-2)18-6-17-8-11(14)15-5-16-12(8)18/h3-7,9-10,13H,1-2H3,(H2,14,15,16)(H2,19,20,21)/b4-3+/t7-,9-,10-,13-/m1/s1. The number of methoxy groups -OCH3 is 2. The molecule has 3 rings (SSSR count). The van der Waals surface area contributed by atoms with Crippen molar-refractivity contribution in [2.24, 2.45) is 0 Å². The van der Waals surface area contributed by atoms with Gasteiger partial charge < -0.3 is 29.7 Å². The highest BCUT2D eigenvalue weighted by molar-refractivity contribution is 7.55. The summed E-state index contributed by atoms with van der Waals surface area (Å²) >= 11 is 0.